The van der Waals surface area contributed by atoms with Crippen molar-refractivity contribution in [3.8, 4) is 22.8 Å². The number of hydrogen-bond donors (Lipinski definition) is 2. The first kappa shape index (κ1) is 19.7. The summed E-state index contributed by atoms with van der Waals surface area (Å²) in [6, 6.07) is 13.3. The van der Waals surface area contributed by atoms with Crippen molar-refractivity contribution in [1.29, 1.82) is 0 Å². The van der Waals surface area contributed by atoms with E-state index in [-0.39, 0.29) is 5.56 Å². The van der Waals surface area contributed by atoms with Gasteiger partial charge in [-0.05, 0) is 46.2 Å². The van der Waals surface area contributed by atoms with Gasteiger partial charge >= 0.3 is 0 Å². The van der Waals surface area contributed by atoms with E-state index in [2.05, 4.69) is 50.1 Å². The number of benzene rings is 2. The molecule has 10 nitrogen and oxygen atoms in total. The number of aromatic nitrogens is 6. The first-order valence-corrected chi connectivity index (χ1v) is 10.1. The van der Waals surface area contributed by atoms with Crippen LogP contribution in [0.2, 0.25) is 0 Å². The number of aryl methyl sites for hydroxylation is 1. The van der Waals surface area contributed by atoms with Gasteiger partial charge in [0.15, 0.2) is 11.5 Å². The average Bonchev–Trinajstić information content (AvgIpc) is 3.31. The second-order valence-corrected chi connectivity index (χ2v) is 7.33. The highest BCUT2D eigenvalue weighted by Crippen LogP contribution is 2.42. The van der Waals surface area contributed by atoms with Gasteiger partial charge in [-0.3, -0.25) is 4.79 Å². The molecule has 0 fully saturated rings. The lowest BCUT2D eigenvalue weighted by molar-refractivity contribution is 0.355. The van der Waals surface area contributed by atoms with Crippen LogP contribution in [0.5, 0.6) is 11.5 Å². The van der Waals surface area contributed by atoms with Crippen molar-refractivity contribution in [3.63, 3.8) is 0 Å². The number of nitrogens with one attached hydrogen (secondary N) is 2. The summed E-state index contributed by atoms with van der Waals surface area (Å²) in [5, 5.41) is 22.1. The molecule has 0 spiro atoms. The van der Waals surface area contributed by atoms with Gasteiger partial charge in [-0.25, -0.2) is 5.10 Å². The van der Waals surface area contributed by atoms with E-state index in [1.807, 2.05) is 24.3 Å². The fraction of sp³-hybridized carbons (Fsp3) is 0.227. The monoisotopic (exact) mass is 431 g/mol. The largest absolute Gasteiger partial charge is 0.493 e. The molecular formula is C22H21N7O3. The maximum Gasteiger partial charge on any atom is 0.288 e. The number of tetrazole rings is 1. The Morgan fingerprint density at radius 2 is 1.84 bits per heavy atom. The van der Waals surface area contributed by atoms with Gasteiger partial charge in [0, 0.05) is 11.1 Å². The van der Waals surface area contributed by atoms with Crippen LogP contribution in [0.25, 0.3) is 11.3 Å². The Morgan fingerprint density at radius 1 is 1.06 bits per heavy atom. The zero-order valence-electron chi connectivity index (χ0n) is 17.8. The van der Waals surface area contributed by atoms with Crippen molar-refractivity contribution >= 4 is 11.6 Å². The third-order valence-electron chi connectivity index (χ3n) is 5.63. The van der Waals surface area contributed by atoms with Crippen LogP contribution in [0.4, 0.5) is 11.6 Å². The number of fused-ring (bicyclic) bond motifs is 2. The molecule has 32 heavy (non-hydrogen) atoms. The van der Waals surface area contributed by atoms with Crippen LogP contribution in [0.3, 0.4) is 0 Å². The number of anilines is 2. The number of methoxy groups -OCH3 is 2. The fourth-order valence-corrected chi connectivity index (χ4v) is 3.98. The van der Waals surface area contributed by atoms with Gasteiger partial charge in [0.05, 0.1) is 19.9 Å². The first-order valence-electron chi connectivity index (χ1n) is 10.1. The third-order valence-corrected chi connectivity index (χ3v) is 5.63. The minimum Gasteiger partial charge on any atom is -0.493 e. The maximum absolute atomic E-state index is 12.8. The summed E-state index contributed by atoms with van der Waals surface area (Å²) in [5.41, 5.74) is 4.16. The summed E-state index contributed by atoms with van der Waals surface area (Å²) >= 11 is 0. The van der Waals surface area contributed by atoms with Gasteiger partial charge in [0.25, 0.3) is 5.56 Å². The van der Waals surface area contributed by atoms with Crippen molar-refractivity contribution in [2.75, 3.05) is 19.5 Å². The van der Waals surface area contributed by atoms with Crippen molar-refractivity contribution in [1.82, 2.24) is 30.4 Å². The van der Waals surface area contributed by atoms with E-state index in [0.717, 1.165) is 17.5 Å². The van der Waals surface area contributed by atoms with Crippen molar-refractivity contribution < 1.29 is 9.47 Å². The number of aromatic amines is 1. The number of H-pyrrole nitrogens is 1. The lowest BCUT2D eigenvalue weighted by Crippen LogP contribution is -2.29. The Balaban J connectivity index is 1.76. The van der Waals surface area contributed by atoms with Gasteiger partial charge < -0.3 is 14.8 Å². The van der Waals surface area contributed by atoms with E-state index in [4.69, 9.17) is 9.47 Å². The summed E-state index contributed by atoms with van der Waals surface area (Å²) in [5.74, 6) is 1.54. The Morgan fingerprint density at radius 3 is 2.56 bits per heavy atom. The minimum atomic E-state index is -0.444. The molecule has 0 bridgehead atoms. The highest BCUT2D eigenvalue weighted by atomic mass is 16.5. The van der Waals surface area contributed by atoms with E-state index in [9.17, 15) is 4.79 Å². The molecule has 2 aromatic heterocycles. The first-order chi connectivity index (χ1) is 15.6. The Hall–Kier alpha value is -4.21. The van der Waals surface area contributed by atoms with Gasteiger partial charge in [-0.15, -0.1) is 0 Å². The Labute approximate surface area is 183 Å². The number of rotatable bonds is 5. The summed E-state index contributed by atoms with van der Waals surface area (Å²) in [7, 11) is 3.15. The second kappa shape index (κ2) is 7.80. The number of nitrogens with zero attached hydrogens (tertiary/aromatic N) is 5. The molecule has 0 radical (unpaired) electrons. The molecule has 162 valence electrons. The highest BCUT2D eigenvalue weighted by molar-refractivity contribution is 5.76. The van der Waals surface area contributed by atoms with E-state index >= 15 is 0 Å². The molecule has 0 saturated carbocycles. The maximum atomic E-state index is 12.8. The molecule has 0 unspecified atom stereocenters. The molecule has 10 heteroatoms. The summed E-state index contributed by atoms with van der Waals surface area (Å²) in [6.45, 7) is 2.10. The number of ether oxygens (including phenoxy) is 2. The Bertz CT molecular complexity index is 1340. The van der Waals surface area contributed by atoms with E-state index in [1.165, 1.54) is 5.56 Å². The standard InChI is InChI=1S/C22H21N7O3/c1-4-12-5-7-13(8-6-12)20-17-18(14-9-10-15(31-2)16(11-14)32-3)24-25-21(30)19(17)23-22-26-27-28-29(20)22/h5-11,20H,4H2,1-3H3,(H,25,30)(H,23,26,28)/t20-/m1/s1. The molecular weight excluding hydrogens is 410 g/mol. The van der Waals surface area contributed by atoms with Gasteiger partial charge in [-0.1, -0.05) is 36.3 Å². The van der Waals surface area contributed by atoms with Crippen molar-refractivity contribution in [3.05, 3.63) is 69.5 Å². The average molecular weight is 431 g/mol. The van der Waals surface area contributed by atoms with Crippen molar-refractivity contribution in [2.45, 2.75) is 19.4 Å². The van der Waals surface area contributed by atoms with Gasteiger partial charge in [0.1, 0.15) is 11.7 Å². The van der Waals surface area contributed by atoms with Crippen molar-refractivity contribution in [2.24, 2.45) is 0 Å². The van der Waals surface area contributed by atoms with Crippen LogP contribution < -0.4 is 20.3 Å². The SMILES string of the molecule is CCc1ccc([C@@H]2c3c(-c4ccc(OC)c(OC)c4)n[nH]c(=O)c3Nc3nnnn32)cc1. The van der Waals surface area contributed by atoms with Crippen LogP contribution in [-0.2, 0) is 6.42 Å². The zero-order chi connectivity index (χ0) is 22.2. The van der Waals surface area contributed by atoms with Gasteiger partial charge in [0.2, 0.25) is 5.95 Å². The van der Waals surface area contributed by atoms with Crippen LogP contribution in [-0.4, -0.2) is 44.6 Å². The molecule has 2 aromatic carbocycles. The normalized spacial score (nSPS) is 14.3. The summed E-state index contributed by atoms with van der Waals surface area (Å²) < 4.78 is 12.5. The summed E-state index contributed by atoms with van der Waals surface area (Å²) in [4.78, 5) is 12.8. The fourth-order valence-electron chi connectivity index (χ4n) is 3.98. The second-order valence-electron chi connectivity index (χ2n) is 7.33. The molecule has 0 aliphatic carbocycles. The molecule has 2 N–H and O–H groups in total. The van der Waals surface area contributed by atoms with Crippen LogP contribution >= 0.6 is 0 Å². The molecule has 4 aromatic rings. The van der Waals surface area contributed by atoms with Crippen LogP contribution in [0.1, 0.15) is 29.7 Å². The molecule has 3 heterocycles. The topological polar surface area (TPSA) is 120 Å². The number of hydrogen-bond acceptors (Lipinski definition) is 8. The smallest absolute Gasteiger partial charge is 0.288 e. The van der Waals surface area contributed by atoms with E-state index < -0.39 is 6.04 Å². The molecule has 5 rings (SSSR count). The van der Waals surface area contributed by atoms with E-state index in [1.54, 1.807) is 25.0 Å². The lowest BCUT2D eigenvalue weighted by Gasteiger charge is -2.28. The predicted octanol–water partition coefficient (Wildman–Crippen LogP) is 2.70. The van der Waals surface area contributed by atoms with Crippen LogP contribution in [0.15, 0.2) is 47.3 Å². The highest BCUT2D eigenvalue weighted by Gasteiger charge is 2.34. The quantitative estimate of drug-likeness (QED) is 0.436. The molecule has 1 atom stereocenters. The molecule has 0 saturated heterocycles. The zero-order valence-corrected chi connectivity index (χ0v) is 17.8. The molecule has 1 aliphatic heterocycles. The minimum absolute atomic E-state index is 0.353. The Kier molecular flexibility index (Phi) is 4.81. The summed E-state index contributed by atoms with van der Waals surface area (Å²) in [6.07, 6.45) is 0.928. The van der Waals surface area contributed by atoms with E-state index in [0.29, 0.717) is 34.4 Å². The van der Waals surface area contributed by atoms with Crippen LogP contribution in [0, 0.1) is 0 Å². The predicted molar refractivity (Wildman–Crippen MR) is 118 cm³/mol. The van der Waals surface area contributed by atoms with Gasteiger partial charge in [-0.2, -0.15) is 9.78 Å². The molecule has 0 amide bonds. The lowest BCUT2D eigenvalue weighted by atomic mass is 9.92. The molecule has 1 aliphatic rings. The third kappa shape index (κ3) is 3.08.